The summed E-state index contributed by atoms with van der Waals surface area (Å²) < 4.78 is 5.37. The number of rotatable bonds is 4. The van der Waals surface area contributed by atoms with Gasteiger partial charge < -0.3 is 15.2 Å². The molecule has 3 rings (SSSR count). The molecular weight excluding hydrogens is 328 g/mol. The van der Waals surface area contributed by atoms with Crippen LogP contribution in [0.5, 0.6) is 0 Å². The zero-order valence-electron chi connectivity index (χ0n) is 16.1. The Bertz CT molecular complexity index is 793. The number of benzene rings is 1. The molecule has 0 spiro atoms. The number of carbonyl (C=O) groups excluding carboxylic acids is 1. The number of nitrogens with zero attached hydrogens (tertiary/aromatic N) is 3. The fraction of sp³-hybridized carbons (Fsp3) is 0.550. The van der Waals surface area contributed by atoms with Gasteiger partial charge in [-0.2, -0.15) is 4.98 Å². The van der Waals surface area contributed by atoms with Crippen molar-refractivity contribution in [2.75, 3.05) is 19.6 Å². The maximum atomic E-state index is 12.8. The van der Waals surface area contributed by atoms with Crippen LogP contribution in [0.4, 0.5) is 0 Å². The molecule has 0 bridgehead atoms. The summed E-state index contributed by atoms with van der Waals surface area (Å²) in [4.78, 5) is 19.2. The fourth-order valence-corrected chi connectivity index (χ4v) is 3.24. The van der Waals surface area contributed by atoms with E-state index in [1.165, 1.54) is 0 Å². The summed E-state index contributed by atoms with van der Waals surface area (Å²) in [5.41, 5.74) is 7.38. The molecule has 0 saturated carbocycles. The molecule has 1 aliphatic heterocycles. The van der Waals surface area contributed by atoms with Crippen molar-refractivity contribution in [3.05, 3.63) is 35.7 Å². The molecule has 2 aromatic rings. The molecule has 1 aliphatic rings. The second-order valence-corrected chi connectivity index (χ2v) is 8.82. The van der Waals surface area contributed by atoms with Crippen LogP contribution in [0, 0.1) is 10.8 Å². The Labute approximate surface area is 154 Å². The van der Waals surface area contributed by atoms with Crippen LogP contribution in [0.25, 0.3) is 11.4 Å². The third kappa shape index (κ3) is 4.12. The molecule has 1 aromatic carbocycles. The lowest BCUT2D eigenvalue weighted by atomic mass is 9.90. The van der Waals surface area contributed by atoms with Crippen LogP contribution in [-0.2, 0) is 6.42 Å². The Morgan fingerprint density at radius 1 is 1.38 bits per heavy atom. The summed E-state index contributed by atoms with van der Waals surface area (Å²) in [6.45, 7) is 10.5. The highest BCUT2D eigenvalue weighted by molar-refractivity contribution is 5.95. The van der Waals surface area contributed by atoms with E-state index in [0.29, 0.717) is 36.8 Å². The number of likely N-dealkylation sites (tertiary alicyclic amines) is 1. The van der Waals surface area contributed by atoms with Gasteiger partial charge in [0.2, 0.25) is 11.7 Å². The maximum Gasteiger partial charge on any atom is 0.253 e. The molecule has 1 aromatic heterocycles. The standard InChI is InChI=1S/C20H28N4O2/c1-19(2,3)11-16-22-17(23-26-16)14-6-5-7-15(10-14)18(25)24-9-8-20(4,12-21)13-24/h5-7,10H,8-9,11-13,21H2,1-4H3. The van der Waals surface area contributed by atoms with E-state index in [1.807, 2.05) is 29.2 Å². The number of carbonyl (C=O) groups is 1. The summed E-state index contributed by atoms with van der Waals surface area (Å²) in [6.07, 6.45) is 1.65. The molecule has 2 heterocycles. The van der Waals surface area contributed by atoms with Crippen LogP contribution in [0.3, 0.4) is 0 Å². The minimum Gasteiger partial charge on any atom is -0.339 e. The van der Waals surface area contributed by atoms with E-state index in [1.54, 1.807) is 0 Å². The topological polar surface area (TPSA) is 85.2 Å². The summed E-state index contributed by atoms with van der Waals surface area (Å²) in [5.74, 6) is 1.16. The fourth-order valence-electron chi connectivity index (χ4n) is 3.24. The first kappa shape index (κ1) is 18.6. The highest BCUT2D eigenvalue weighted by atomic mass is 16.5. The van der Waals surface area contributed by atoms with Crippen LogP contribution in [0.1, 0.15) is 50.4 Å². The third-order valence-corrected chi connectivity index (χ3v) is 4.86. The SMILES string of the molecule is CC(C)(C)Cc1nc(-c2cccc(C(=O)N3CCC(C)(CN)C3)c2)no1. The van der Waals surface area contributed by atoms with Gasteiger partial charge in [-0.1, -0.05) is 45.0 Å². The van der Waals surface area contributed by atoms with Crippen molar-refractivity contribution in [3.8, 4) is 11.4 Å². The lowest BCUT2D eigenvalue weighted by Crippen LogP contribution is -2.34. The molecular formula is C20H28N4O2. The van der Waals surface area contributed by atoms with Crippen LogP contribution in [0.15, 0.2) is 28.8 Å². The Morgan fingerprint density at radius 2 is 2.15 bits per heavy atom. The van der Waals surface area contributed by atoms with Crippen LogP contribution >= 0.6 is 0 Å². The zero-order chi connectivity index (χ0) is 18.9. The van der Waals surface area contributed by atoms with Gasteiger partial charge in [0.05, 0.1) is 0 Å². The Hall–Kier alpha value is -2.21. The molecule has 1 amide bonds. The van der Waals surface area contributed by atoms with Crippen molar-refractivity contribution in [1.29, 1.82) is 0 Å². The molecule has 26 heavy (non-hydrogen) atoms. The van der Waals surface area contributed by atoms with Gasteiger partial charge in [-0.15, -0.1) is 0 Å². The molecule has 1 fully saturated rings. The quantitative estimate of drug-likeness (QED) is 0.909. The number of hydrogen-bond donors (Lipinski definition) is 1. The zero-order valence-corrected chi connectivity index (χ0v) is 16.1. The van der Waals surface area contributed by atoms with Gasteiger partial charge in [-0.05, 0) is 35.9 Å². The van der Waals surface area contributed by atoms with Gasteiger partial charge in [0, 0.05) is 30.6 Å². The summed E-state index contributed by atoms with van der Waals surface area (Å²) in [7, 11) is 0. The molecule has 6 heteroatoms. The second kappa shape index (κ2) is 6.83. The van der Waals surface area contributed by atoms with Gasteiger partial charge >= 0.3 is 0 Å². The molecule has 6 nitrogen and oxygen atoms in total. The van der Waals surface area contributed by atoms with Gasteiger partial charge in [0.1, 0.15) is 0 Å². The summed E-state index contributed by atoms with van der Waals surface area (Å²) in [6, 6.07) is 7.43. The minimum atomic E-state index is 0.0167. The van der Waals surface area contributed by atoms with Gasteiger partial charge in [-0.25, -0.2) is 0 Å². The predicted octanol–water partition coefficient (Wildman–Crippen LogP) is 3.14. The highest BCUT2D eigenvalue weighted by Crippen LogP contribution is 2.30. The summed E-state index contributed by atoms with van der Waals surface area (Å²) in [5, 5.41) is 4.08. The average Bonchev–Trinajstić information content (AvgIpc) is 3.20. The summed E-state index contributed by atoms with van der Waals surface area (Å²) >= 11 is 0. The number of hydrogen-bond acceptors (Lipinski definition) is 5. The number of amides is 1. The Morgan fingerprint density at radius 3 is 2.81 bits per heavy atom. The first-order chi connectivity index (χ1) is 12.2. The van der Waals surface area contributed by atoms with Crippen molar-refractivity contribution >= 4 is 5.91 Å². The predicted molar refractivity (Wildman–Crippen MR) is 101 cm³/mol. The normalized spacial score (nSPS) is 20.6. The second-order valence-electron chi connectivity index (χ2n) is 8.82. The van der Waals surface area contributed by atoms with Gasteiger partial charge in [0.15, 0.2) is 0 Å². The van der Waals surface area contributed by atoms with E-state index in [-0.39, 0.29) is 16.7 Å². The van der Waals surface area contributed by atoms with Crippen LogP contribution < -0.4 is 5.73 Å². The monoisotopic (exact) mass is 356 g/mol. The molecule has 1 atom stereocenters. The number of nitrogens with two attached hydrogens (primary N) is 1. The Balaban J connectivity index is 1.78. The van der Waals surface area contributed by atoms with Crippen molar-refractivity contribution in [2.24, 2.45) is 16.6 Å². The smallest absolute Gasteiger partial charge is 0.253 e. The molecule has 0 radical (unpaired) electrons. The van der Waals surface area contributed by atoms with E-state index in [0.717, 1.165) is 18.5 Å². The van der Waals surface area contributed by atoms with Crippen molar-refractivity contribution in [3.63, 3.8) is 0 Å². The Kier molecular flexibility index (Phi) is 4.88. The van der Waals surface area contributed by atoms with E-state index in [9.17, 15) is 4.79 Å². The van der Waals surface area contributed by atoms with Gasteiger partial charge in [-0.3, -0.25) is 4.79 Å². The lowest BCUT2D eigenvalue weighted by Gasteiger charge is -2.22. The van der Waals surface area contributed by atoms with Gasteiger partial charge in [0.25, 0.3) is 5.91 Å². The average molecular weight is 356 g/mol. The minimum absolute atomic E-state index is 0.0167. The van der Waals surface area contributed by atoms with Crippen LogP contribution in [-0.4, -0.2) is 40.6 Å². The van der Waals surface area contributed by atoms with Crippen molar-refractivity contribution in [2.45, 2.75) is 40.5 Å². The third-order valence-electron chi connectivity index (χ3n) is 4.86. The highest BCUT2D eigenvalue weighted by Gasteiger charge is 2.35. The van der Waals surface area contributed by atoms with E-state index >= 15 is 0 Å². The van der Waals surface area contributed by atoms with E-state index < -0.39 is 0 Å². The van der Waals surface area contributed by atoms with E-state index in [2.05, 4.69) is 37.8 Å². The first-order valence-corrected chi connectivity index (χ1v) is 9.12. The maximum absolute atomic E-state index is 12.8. The van der Waals surface area contributed by atoms with E-state index in [4.69, 9.17) is 10.3 Å². The lowest BCUT2D eigenvalue weighted by molar-refractivity contribution is 0.0777. The van der Waals surface area contributed by atoms with Crippen molar-refractivity contribution < 1.29 is 9.32 Å². The number of aromatic nitrogens is 2. The molecule has 1 saturated heterocycles. The molecule has 1 unspecified atom stereocenters. The molecule has 140 valence electrons. The largest absolute Gasteiger partial charge is 0.339 e. The first-order valence-electron chi connectivity index (χ1n) is 9.12. The molecule has 2 N–H and O–H groups in total. The molecule has 0 aliphatic carbocycles. The van der Waals surface area contributed by atoms with Crippen molar-refractivity contribution in [1.82, 2.24) is 15.0 Å². The van der Waals surface area contributed by atoms with Crippen LogP contribution in [0.2, 0.25) is 0 Å².